The number of hydrogen-bond donors (Lipinski definition) is 2. The molecule has 1 aromatic heterocycles. The number of nitrogens with zero attached hydrogens (tertiary/aromatic N) is 2. The van der Waals surface area contributed by atoms with Crippen LogP contribution in [0, 0.1) is 6.92 Å². The molecule has 0 bridgehead atoms. The standard InChI is InChI=1S/C20H18N4O4S2/c1-11-4-3-5-13(6-11)21-19-23-24-20(30-19)29-9-18(26)22-15-8-17-16(27-10-28-17)7-14(15)12(2)25/h3-8H,9-10H2,1-2H3,(H,21,23)(H,22,26). The monoisotopic (exact) mass is 442 g/mol. The summed E-state index contributed by atoms with van der Waals surface area (Å²) in [6, 6.07) is 11.1. The maximum Gasteiger partial charge on any atom is 0.234 e. The molecule has 2 aromatic carbocycles. The summed E-state index contributed by atoms with van der Waals surface area (Å²) in [5.74, 6) is 0.691. The number of thioether (sulfide) groups is 1. The van der Waals surface area contributed by atoms with Gasteiger partial charge >= 0.3 is 0 Å². The van der Waals surface area contributed by atoms with Gasteiger partial charge in [-0.2, -0.15) is 0 Å². The van der Waals surface area contributed by atoms with Crippen molar-refractivity contribution in [1.29, 1.82) is 0 Å². The molecule has 0 fully saturated rings. The molecular formula is C20H18N4O4S2. The molecule has 0 saturated carbocycles. The lowest BCUT2D eigenvalue weighted by atomic mass is 10.1. The fourth-order valence-corrected chi connectivity index (χ4v) is 4.39. The van der Waals surface area contributed by atoms with Crippen LogP contribution < -0.4 is 20.1 Å². The predicted molar refractivity (Wildman–Crippen MR) is 116 cm³/mol. The van der Waals surface area contributed by atoms with Crippen molar-refractivity contribution >= 4 is 51.3 Å². The minimum absolute atomic E-state index is 0.0932. The van der Waals surface area contributed by atoms with Crippen LogP contribution >= 0.6 is 23.1 Å². The first-order valence-corrected chi connectivity index (χ1v) is 10.8. The number of ether oxygens (including phenoxy) is 2. The number of amides is 1. The lowest BCUT2D eigenvalue weighted by molar-refractivity contribution is -0.113. The van der Waals surface area contributed by atoms with Crippen LogP contribution in [0.1, 0.15) is 22.8 Å². The Bertz CT molecular complexity index is 1120. The van der Waals surface area contributed by atoms with E-state index in [1.165, 1.54) is 30.0 Å². The molecule has 2 heterocycles. The fraction of sp³-hybridized carbons (Fsp3) is 0.200. The molecule has 0 spiro atoms. The van der Waals surface area contributed by atoms with Gasteiger partial charge in [0.05, 0.1) is 11.4 Å². The highest BCUT2D eigenvalue weighted by atomic mass is 32.2. The van der Waals surface area contributed by atoms with Gasteiger partial charge < -0.3 is 20.1 Å². The number of anilines is 3. The van der Waals surface area contributed by atoms with Crippen molar-refractivity contribution in [2.75, 3.05) is 23.2 Å². The van der Waals surface area contributed by atoms with Gasteiger partial charge in [-0.3, -0.25) is 9.59 Å². The summed E-state index contributed by atoms with van der Waals surface area (Å²) in [5.41, 5.74) is 2.85. The van der Waals surface area contributed by atoms with Gasteiger partial charge in [-0.1, -0.05) is 35.2 Å². The van der Waals surface area contributed by atoms with Gasteiger partial charge in [-0.25, -0.2) is 0 Å². The van der Waals surface area contributed by atoms with Crippen LogP contribution in [0.5, 0.6) is 11.5 Å². The van der Waals surface area contributed by atoms with Gasteiger partial charge in [-0.15, -0.1) is 10.2 Å². The highest BCUT2D eigenvalue weighted by molar-refractivity contribution is 8.01. The van der Waals surface area contributed by atoms with Gasteiger partial charge in [0.2, 0.25) is 17.8 Å². The Morgan fingerprint density at radius 3 is 2.73 bits per heavy atom. The van der Waals surface area contributed by atoms with Crippen molar-refractivity contribution in [3.63, 3.8) is 0 Å². The molecule has 10 heteroatoms. The molecule has 2 N–H and O–H groups in total. The van der Waals surface area contributed by atoms with Crippen LogP contribution in [-0.2, 0) is 4.79 Å². The zero-order valence-corrected chi connectivity index (χ0v) is 17.9. The van der Waals surface area contributed by atoms with E-state index < -0.39 is 0 Å². The van der Waals surface area contributed by atoms with Crippen molar-refractivity contribution < 1.29 is 19.1 Å². The van der Waals surface area contributed by atoms with E-state index in [-0.39, 0.29) is 24.2 Å². The van der Waals surface area contributed by atoms with E-state index in [1.54, 1.807) is 12.1 Å². The molecule has 0 saturated heterocycles. The van der Waals surface area contributed by atoms with Crippen LogP contribution in [0.15, 0.2) is 40.7 Å². The first kappa shape index (κ1) is 20.2. The normalized spacial score (nSPS) is 11.9. The average Bonchev–Trinajstić information content (AvgIpc) is 3.34. The topological polar surface area (TPSA) is 102 Å². The molecule has 154 valence electrons. The third-order valence-electron chi connectivity index (χ3n) is 4.17. The Morgan fingerprint density at radius 1 is 1.17 bits per heavy atom. The quantitative estimate of drug-likeness (QED) is 0.413. The van der Waals surface area contributed by atoms with Gasteiger partial charge in [-0.05, 0) is 37.6 Å². The van der Waals surface area contributed by atoms with E-state index in [0.29, 0.717) is 32.2 Å². The first-order chi connectivity index (χ1) is 14.5. The van der Waals surface area contributed by atoms with Crippen molar-refractivity contribution in [2.45, 2.75) is 18.2 Å². The summed E-state index contributed by atoms with van der Waals surface area (Å²) in [5, 5.41) is 14.8. The molecule has 0 unspecified atom stereocenters. The van der Waals surface area contributed by atoms with Gasteiger partial charge in [0.1, 0.15) is 0 Å². The summed E-state index contributed by atoms with van der Waals surface area (Å²) < 4.78 is 11.3. The fourth-order valence-electron chi connectivity index (χ4n) is 2.82. The van der Waals surface area contributed by atoms with Crippen LogP contribution in [0.2, 0.25) is 0 Å². The number of aryl methyl sites for hydroxylation is 1. The number of hydrogen-bond acceptors (Lipinski definition) is 9. The minimum Gasteiger partial charge on any atom is -0.454 e. The lowest BCUT2D eigenvalue weighted by Gasteiger charge is -2.10. The number of aromatic nitrogens is 2. The molecule has 0 radical (unpaired) electrons. The summed E-state index contributed by atoms with van der Waals surface area (Å²) in [4.78, 5) is 24.3. The zero-order chi connectivity index (χ0) is 21.1. The van der Waals surface area contributed by atoms with Crippen LogP contribution in [0.3, 0.4) is 0 Å². The molecule has 1 aliphatic heterocycles. The second-order valence-electron chi connectivity index (χ2n) is 6.51. The lowest BCUT2D eigenvalue weighted by Crippen LogP contribution is -2.16. The van der Waals surface area contributed by atoms with Gasteiger partial charge in [0, 0.05) is 17.3 Å². The molecule has 1 amide bonds. The number of ketones is 1. The zero-order valence-electron chi connectivity index (χ0n) is 16.2. The Balaban J connectivity index is 1.37. The number of Topliss-reactive ketones (excluding diaryl/α,β-unsaturated/α-hetero) is 1. The maximum atomic E-state index is 12.4. The Hall–Kier alpha value is -3.11. The van der Waals surface area contributed by atoms with Crippen LogP contribution in [-0.4, -0.2) is 34.4 Å². The number of rotatable bonds is 7. The molecule has 1 aliphatic rings. The Morgan fingerprint density at radius 2 is 1.97 bits per heavy atom. The molecule has 8 nitrogen and oxygen atoms in total. The van der Waals surface area contributed by atoms with Gasteiger partial charge in [0.25, 0.3) is 0 Å². The van der Waals surface area contributed by atoms with E-state index in [0.717, 1.165) is 11.3 Å². The van der Waals surface area contributed by atoms with E-state index in [2.05, 4.69) is 20.8 Å². The molecule has 30 heavy (non-hydrogen) atoms. The molecule has 0 aliphatic carbocycles. The predicted octanol–water partition coefficient (Wildman–Crippen LogP) is 4.25. The third kappa shape index (κ3) is 4.71. The number of carbonyl (C=O) groups is 2. The smallest absolute Gasteiger partial charge is 0.234 e. The number of benzene rings is 2. The number of carbonyl (C=O) groups excluding carboxylic acids is 2. The third-order valence-corrected chi connectivity index (χ3v) is 6.14. The number of fused-ring (bicyclic) bond motifs is 1. The van der Waals surface area contributed by atoms with Crippen molar-refractivity contribution in [3.05, 3.63) is 47.5 Å². The molecular weight excluding hydrogens is 424 g/mol. The highest BCUT2D eigenvalue weighted by Gasteiger charge is 2.20. The Kier molecular flexibility index (Phi) is 5.86. The second-order valence-corrected chi connectivity index (χ2v) is 8.71. The summed E-state index contributed by atoms with van der Waals surface area (Å²) in [6.07, 6.45) is 0. The van der Waals surface area contributed by atoms with E-state index in [1.807, 2.05) is 31.2 Å². The first-order valence-electron chi connectivity index (χ1n) is 9.02. The van der Waals surface area contributed by atoms with Crippen molar-refractivity contribution in [3.8, 4) is 11.5 Å². The minimum atomic E-state index is -0.259. The van der Waals surface area contributed by atoms with Crippen LogP contribution in [0.4, 0.5) is 16.5 Å². The van der Waals surface area contributed by atoms with Crippen molar-refractivity contribution in [2.24, 2.45) is 0 Å². The number of nitrogens with one attached hydrogen (secondary N) is 2. The average molecular weight is 443 g/mol. The van der Waals surface area contributed by atoms with Crippen LogP contribution in [0.25, 0.3) is 0 Å². The second kappa shape index (κ2) is 8.72. The maximum absolute atomic E-state index is 12.4. The van der Waals surface area contributed by atoms with E-state index >= 15 is 0 Å². The largest absolute Gasteiger partial charge is 0.454 e. The van der Waals surface area contributed by atoms with E-state index in [9.17, 15) is 9.59 Å². The summed E-state index contributed by atoms with van der Waals surface area (Å²) in [7, 11) is 0. The molecule has 4 rings (SSSR count). The van der Waals surface area contributed by atoms with Crippen molar-refractivity contribution in [1.82, 2.24) is 10.2 Å². The summed E-state index contributed by atoms with van der Waals surface area (Å²) >= 11 is 2.64. The molecule has 0 atom stereocenters. The SMILES string of the molecule is CC(=O)c1cc2c(cc1NC(=O)CSc1nnc(Nc3cccc(C)c3)s1)OCO2. The molecule has 3 aromatic rings. The Labute approximate surface area is 181 Å². The summed E-state index contributed by atoms with van der Waals surface area (Å²) in [6.45, 7) is 3.55. The van der Waals surface area contributed by atoms with Gasteiger partial charge in [0.15, 0.2) is 21.6 Å². The van der Waals surface area contributed by atoms with E-state index in [4.69, 9.17) is 9.47 Å². The highest BCUT2D eigenvalue weighted by Crippen LogP contribution is 2.37.